The highest BCUT2D eigenvalue weighted by Gasteiger charge is 2.09. The van der Waals surface area contributed by atoms with Crippen LogP contribution in [0.2, 0.25) is 0 Å². The van der Waals surface area contributed by atoms with Crippen molar-refractivity contribution in [3.05, 3.63) is 29.3 Å². The lowest BCUT2D eigenvalue weighted by Crippen LogP contribution is -2.17. The highest BCUT2D eigenvalue weighted by atomic mass is 16.3. The molecule has 0 amide bonds. The fraction of sp³-hybridized carbons (Fsp3) is 0.467. The first-order valence-electron chi connectivity index (χ1n) is 6.41. The third-order valence-corrected chi connectivity index (χ3v) is 2.93. The van der Waals surface area contributed by atoms with Gasteiger partial charge in [-0.1, -0.05) is 6.92 Å². The van der Waals surface area contributed by atoms with E-state index in [9.17, 15) is 9.90 Å². The van der Waals surface area contributed by atoms with Crippen LogP contribution in [0.25, 0.3) is 0 Å². The number of hydrogen-bond acceptors (Lipinski definition) is 4. The second-order valence-corrected chi connectivity index (χ2v) is 5.00. The number of nitrogens with zero attached hydrogens (tertiary/aromatic N) is 1. The smallest absolute Gasteiger partial charge is 0.159 e. The van der Waals surface area contributed by atoms with Crippen LogP contribution in [0, 0.1) is 17.2 Å². The summed E-state index contributed by atoms with van der Waals surface area (Å²) in [6, 6.07) is 7.12. The van der Waals surface area contributed by atoms with Crippen molar-refractivity contribution in [2.75, 3.05) is 11.9 Å². The van der Waals surface area contributed by atoms with E-state index in [4.69, 9.17) is 5.26 Å². The third-order valence-electron chi connectivity index (χ3n) is 2.93. The summed E-state index contributed by atoms with van der Waals surface area (Å²) in [7, 11) is 0. The molecular formula is C15H20N2O2. The number of aliphatic hydroxyl groups excluding tert-OH is 1. The minimum Gasteiger partial charge on any atom is -0.393 e. The van der Waals surface area contributed by atoms with Gasteiger partial charge in [0.15, 0.2) is 5.78 Å². The second-order valence-electron chi connectivity index (χ2n) is 5.00. The predicted molar refractivity (Wildman–Crippen MR) is 75.1 cm³/mol. The minimum atomic E-state index is -0.337. The number of carbonyl (C=O) groups is 1. The van der Waals surface area contributed by atoms with Gasteiger partial charge in [0.25, 0.3) is 0 Å². The molecule has 4 heteroatoms. The fourth-order valence-corrected chi connectivity index (χ4v) is 1.96. The van der Waals surface area contributed by atoms with Crippen molar-refractivity contribution in [3.63, 3.8) is 0 Å². The highest BCUT2D eigenvalue weighted by Crippen LogP contribution is 2.18. The molecule has 0 fully saturated rings. The van der Waals surface area contributed by atoms with Gasteiger partial charge in [-0.05, 0) is 44.4 Å². The molecule has 0 saturated heterocycles. The lowest BCUT2D eigenvalue weighted by atomic mass is 10.0. The van der Waals surface area contributed by atoms with Crippen molar-refractivity contribution in [2.45, 2.75) is 33.3 Å². The van der Waals surface area contributed by atoms with Crippen molar-refractivity contribution >= 4 is 11.5 Å². The zero-order chi connectivity index (χ0) is 14.4. The molecule has 2 atom stereocenters. The average molecular weight is 260 g/mol. The van der Waals surface area contributed by atoms with E-state index in [2.05, 4.69) is 11.4 Å². The van der Waals surface area contributed by atoms with E-state index >= 15 is 0 Å². The topological polar surface area (TPSA) is 73.1 Å². The molecule has 0 radical (unpaired) electrons. The Labute approximate surface area is 114 Å². The summed E-state index contributed by atoms with van der Waals surface area (Å²) in [4.78, 5) is 11.3. The van der Waals surface area contributed by atoms with Gasteiger partial charge >= 0.3 is 0 Å². The quantitative estimate of drug-likeness (QED) is 0.771. The maximum absolute atomic E-state index is 11.3. The minimum absolute atomic E-state index is 0.0235. The Morgan fingerprint density at radius 3 is 2.68 bits per heavy atom. The number of aliphatic hydroxyl groups is 1. The Bertz CT molecular complexity index is 489. The summed E-state index contributed by atoms with van der Waals surface area (Å²) in [6.45, 7) is 5.94. The van der Waals surface area contributed by atoms with Gasteiger partial charge in [-0.3, -0.25) is 4.79 Å². The molecule has 0 aliphatic carbocycles. The van der Waals surface area contributed by atoms with Crippen LogP contribution in [0.5, 0.6) is 0 Å². The van der Waals surface area contributed by atoms with Gasteiger partial charge in [-0.15, -0.1) is 0 Å². The molecule has 0 spiro atoms. The summed E-state index contributed by atoms with van der Waals surface area (Å²) < 4.78 is 0. The number of rotatable bonds is 6. The summed E-state index contributed by atoms with van der Waals surface area (Å²) in [6.07, 6.45) is 0.358. The fourth-order valence-electron chi connectivity index (χ4n) is 1.96. The molecule has 2 unspecified atom stereocenters. The second kappa shape index (κ2) is 6.91. The standard InChI is InChI=1S/C15H20N2O2/c1-10(6-11(2)18)9-17-15-7-13(12(3)19)4-5-14(15)8-16/h4-5,7,10-11,17-18H,6,9H2,1-3H3. The van der Waals surface area contributed by atoms with Gasteiger partial charge in [-0.25, -0.2) is 0 Å². The number of ketones is 1. The Balaban J connectivity index is 2.78. The van der Waals surface area contributed by atoms with Crippen molar-refractivity contribution < 1.29 is 9.90 Å². The van der Waals surface area contributed by atoms with Crippen molar-refractivity contribution in [2.24, 2.45) is 5.92 Å². The van der Waals surface area contributed by atoms with Crippen LogP contribution in [0.3, 0.4) is 0 Å². The molecule has 1 aromatic carbocycles. The Morgan fingerprint density at radius 2 is 2.16 bits per heavy atom. The average Bonchev–Trinajstić information content (AvgIpc) is 2.35. The lowest BCUT2D eigenvalue weighted by Gasteiger charge is -2.16. The van der Waals surface area contributed by atoms with Crippen molar-refractivity contribution in [1.29, 1.82) is 5.26 Å². The van der Waals surface area contributed by atoms with Crippen LogP contribution in [0.15, 0.2) is 18.2 Å². The van der Waals surface area contributed by atoms with Gasteiger partial charge in [0.05, 0.1) is 17.4 Å². The molecule has 1 rings (SSSR count). The van der Waals surface area contributed by atoms with Crippen LogP contribution in [0.4, 0.5) is 5.69 Å². The number of hydrogen-bond donors (Lipinski definition) is 2. The summed E-state index contributed by atoms with van der Waals surface area (Å²) >= 11 is 0. The van der Waals surface area contributed by atoms with Crippen LogP contribution in [-0.4, -0.2) is 23.5 Å². The van der Waals surface area contributed by atoms with Crippen LogP contribution >= 0.6 is 0 Å². The zero-order valence-corrected chi connectivity index (χ0v) is 11.6. The largest absolute Gasteiger partial charge is 0.393 e. The molecule has 0 bridgehead atoms. The Morgan fingerprint density at radius 1 is 1.47 bits per heavy atom. The Kier molecular flexibility index (Phi) is 5.53. The summed E-state index contributed by atoms with van der Waals surface area (Å²) in [5.74, 6) is 0.261. The predicted octanol–water partition coefficient (Wildman–Crippen LogP) is 2.58. The molecule has 0 aliphatic heterocycles. The number of nitrogens with one attached hydrogen (secondary N) is 1. The third kappa shape index (κ3) is 4.72. The number of carbonyl (C=O) groups excluding carboxylic acids is 1. The molecule has 102 valence electrons. The monoisotopic (exact) mass is 260 g/mol. The summed E-state index contributed by atoms with van der Waals surface area (Å²) in [5, 5.41) is 21.5. The maximum Gasteiger partial charge on any atom is 0.159 e. The first-order valence-corrected chi connectivity index (χ1v) is 6.41. The molecule has 19 heavy (non-hydrogen) atoms. The number of nitriles is 1. The van der Waals surface area contributed by atoms with E-state index in [0.29, 0.717) is 29.8 Å². The molecule has 1 aromatic rings. The van der Waals surface area contributed by atoms with Gasteiger partial charge < -0.3 is 10.4 Å². The van der Waals surface area contributed by atoms with E-state index in [1.807, 2.05) is 6.92 Å². The van der Waals surface area contributed by atoms with Crippen molar-refractivity contribution in [1.82, 2.24) is 0 Å². The van der Waals surface area contributed by atoms with Gasteiger partial charge in [0.1, 0.15) is 6.07 Å². The molecule has 0 saturated carbocycles. The molecule has 0 heterocycles. The van der Waals surface area contributed by atoms with Crippen LogP contribution < -0.4 is 5.32 Å². The van der Waals surface area contributed by atoms with E-state index in [1.54, 1.807) is 25.1 Å². The normalized spacial score (nSPS) is 13.4. The molecule has 4 nitrogen and oxygen atoms in total. The number of Topliss-reactive ketones (excluding diaryl/α,β-unsaturated/α-hetero) is 1. The number of anilines is 1. The van der Waals surface area contributed by atoms with E-state index < -0.39 is 0 Å². The van der Waals surface area contributed by atoms with Crippen molar-refractivity contribution in [3.8, 4) is 6.07 Å². The van der Waals surface area contributed by atoms with Crippen LogP contribution in [-0.2, 0) is 0 Å². The zero-order valence-electron chi connectivity index (χ0n) is 11.6. The van der Waals surface area contributed by atoms with E-state index in [0.717, 1.165) is 0 Å². The summed E-state index contributed by atoms with van der Waals surface area (Å²) in [5.41, 5.74) is 1.78. The maximum atomic E-state index is 11.3. The molecular weight excluding hydrogens is 240 g/mol. The van der Waals surface area contributed by atoms with E-state index in [1.165, 1.54) is 6.92 Å². The number of benzene rings is 1. The lowest BCUT2D eigenvalue weighted by molar-refractivity contribution is 0.101. The first-order chi connectivity index (χ1) is 8.93. The SMILES string of the molecule is CC(=O)c1ccc(C#N)c(NCC(C)CC(C)O)c1. The molecule has 2 N–H and O–H groups in total. The first kappa shape index (κ1) is 15.2. The Hall–Kier alpha value is -1.86. The van der Waals surface area contributed by atoms with Gasteiger partial charge in [0.2, 0.25) is 0 Å². The molecule has 0 aromatic heterocycles. The van der Waals surface area contributed by atoms with Gasteiger partial charge in [-0.2, -0.15) is 5.26 Å². The van der Waals surface area contributed by atoms with E-state index in [-0.39, 0.29) is 17.8 Å². The van der Waals surface area contributed by atoms with Crippen LogP contribution in [0.1, 0.15) is 43.1 Å². The molecule has 0 aliphatic rings. The van der Waals surface area contributed by atoms with Gasteiger partial charge in [0, 0.05) is 12.1 Å². The highest BCUT2D eigenvalue weighted by molar-refractivity contribution is 5.95.